The summed E-state index contributed by atoms with van der Waals surface area (Å²) in [6.45, 7) is 5.72. The van der Waals surface area contributed by atoms with Gasteiger partial charge in [-0.25, -0.2) is 13.2 Å². The first kappa shape index (κ1) is 24.5. The van der Waals surface area contributed by atoms with Crippen molar-refractivity contribution in [3.05, 3.63) is 40.7 Å². The lowest BCUT2D eigenvalue weighted by Crippen LogP contribution is -2.40. The highest BCUT2D eigenvalue weighted by atomic mass is 32.2. The van der Waals surface area contributed by atoms with Crippen LogP contribution in [-0.2, 0) is 24.3 Å². The van der Waals surface area contributed by atoms with E-state index >= 15 is 0 Å². The number of hydrogen-bond donors (Lipinski definition) is 2. The Labute approximate surface area is 193 Å². The highest BCUT2D eigenvalue weighted by Gasteiger charge is 2.27. The van der Waals surface area contributed by atoms with E-state index in [0.717, 1.165) is 11.7 Å². The monoisotopic (exact) mass is 494 g/mol. The molecule has 33 heavy (non-hydrogen) atoms. The van der Waals surface area contributed by atoms with Gasteiger partial charge >= 0.3 is 11.9 Å². The molecule has 0 aliphatic heterocycles. The summed E-state index contributed by atoms with van der Waals surface area (Å²) in [5.74, 6) is -2.08. The third-order valence-corrected chi connectivity index (χ3v) is 6.88. The number of carbonyl (C=O) groups is 3. The number of aromatic amines is 1. The Kier molecular flexibility index (Phi) is 7.25. The number of aromatic nitrogens is 3. The van der Waals surface area contributed by atoms with Gasteiger partial charge in [-0.3, -0.25) is 9.59 Å². The molecule has 0 saturated carbocycles. The van der Waals surface area contributed by atoms with Gasteiger partial charge in [-0.05, 0) is 45.4 Å². The lowest BCUT2D eigenvalue weighted by molar-refractivity contribution is -0.144. The zero-order chi connectivity index (χ0) is 24.3. The molecule has 0 radical (unpaired) electrons. The molecule has 2 heterocycles. The van der Waals surface area contributed by atoms with Gasteiger partial charge in [-0.1, -0.05) is 6.07 Å². The first-order chi connectivity index (χ1) is 15.6. The highest BCUT2D eigenvalue weighted by molar-refractivity contribution is 7.89. The van der Waals surface area contributed by atoms with Crippen LogP contribution in [0.25, 0.3) is 11.0 Å². The van der Waals surface area contributed by atoms with E-state index < -0.39 is 40.4 Å². The molecule has 0 fully saturated rings. The molecule has 2 aromatic heterocycles. The Hall–Kier alpha value is -3.16. The maximum Gasteiger partial charge on any atom is 0.340 e. The standard InChI is InChI=1S/C20H22N4O7S2/c1-5-30-20(27)16-10(2)17(21-11(16)3)14(25)9-31-19(26)12(4)24-33(28,29)15-8-6-7-13-18(15)23-32-22-13/h6-8,12,21,24H,5,9H2,1-4H3/t12-/m0/s1. The normalized spacial score (nSPS) is 12.5. The minimum absolute atomic E-state index is 0.110. The van der Waals surface area contributed by atoms with Crippen LogP contribution < -0.4 is 4.72 Å². The molecule has 0 unspecified atom stereocenters. The Morgan fingerprint density at radius 2 is 1.91 bits per heavy atom. The van der Waals surface area contributed by atoms with Crippen molar-refractivity contribution < 1.29 is 32.3 Å². The number of Topliss-reactive ketones (excluding diaryl/α,β-unsaturated/α-hetero) is 1. The average Bonchev–Trinajstić information content (AvgIpc) is 3.35. The summed E-state index contributed by atoms with van der Waals surface area (Å²) < 4.78 is 45.7. The third kappa shape index (κ3) is 5.10. The maximum atomic E-state index is 12.7. The van der Waals surface area contributed by atoms with Crippen molar-refractivity contribution in [1.82, 2.24) is 18.5 Å². The van der Waals surface area contributed by atoms with Gasteiger partial charge in [-0.2, -0.15) is 13.5 Å². The maximum absolute atomic E-state index is 12.7. The lowest BCUT2D eigenvalue weighted by atomic mass is 10.1. The molecule has 3 aromatic rings. The number of sulfonamides is 1. The third-order valence-electron chi connectivity index (χ3n) is 4.77. The number of hydrogen-bond acceptors (Lipinski definition) is 10. The molecule has 1 atom stereocenters. The summed E-state index contributed by atoms with van der Waals surface area (Å²) in [6, 6.07) is 3.22. The highest BCUT2D eigenvalue weighted by Crippen LogP contribution is 2.22. The molecule has 1 aromatic carbocycles. The van der Waals surface area contributed by atoms with Crippen LogP contribution in [-0.4, -0.2) is 59.1 Å². The van der Waals surface area contributed by atoms with E-state index in [1.165, 1.54) is 19.1 Å². The van der Waals surface area contributed by atoms with Crippen LogP contribution in [0.1, 0.15) is 46.0 Å². The van der Waals surface area contributed by atoms with Gasteiger partial charge in [0.25, 0.3) is 0 Å². The molecule has 0 aliphatic carbocycles. The predicted octanol–water partition coefficient (Wildman–Crippen LogP) is 1.91. The van der Waals surface area contributed by atoms with Crippen molar-refractivity contribution in [2.75, 3.05) is 13.2 Å². The van der Waals surface area contributed by atoms with Crippen molar-refractivity contribution in [3.63, 3.8) is 0 Å². The number of aryl methyl sites for hydroxylation is 1. The Morgan fingerprint density at radius 1 is 1.18 bits per heavy atom. The largest absolute Gasteiger partial charge is 0.462 e. The number of esters is 2. The topological polar surface area (TPSA) is 157 Å². The van der Waals surface area contributed by atoms with E-state index in [1.807, 2.05) is 0 Å². The van der Waals surface area contributed by atoms with Crippen LogP contribution in [0.4, 0.5) is 0 Å². The molecular weight excluding hydrogens is 472 g/mol. The average molecular weight is 495 g/mol. The van der Waals surface area contributed by atoms with Crippen molar-refractivity contribution in [2.24, 2.45) is 0 Å². The van der Waals surface area contributed by atoms with Crippen LogP contribution in [0.15, 0.2) is 23.1 Å². The van der Waals surface area contributed by atoms with Crippen LogP contribution in [0.5, 0.6) is 0 Å². The number of ether oxygens (including phenoxy) is 2. The van der Waals surface area contributed by atoms with Crippen molar-refractivity contribution >= 4 is 50.5 Å². The smallest absolute Gasteiger partial charge is 0.340 e. The number of nitrogens with one attached hydrogen (secondary N) is 2. The number of rotatable bonds is 9. The van der Waals surface area contributed by atoms with Crippen LogP contribution >= 0.6 is 11.7 Å². The van der Waals surface area contributed by atoms with Gasteiger partial charge in [0.2, 0.25) is 15.8 Å². The van der Waals surface area contributed by atoms with Gasteiger partial charge in [0, 0.05) is 5.69 Å². The Bertz CT molecular complexity index is 1330. The second kappa shape index (κ2) is 9.77. The number of carbonyl (C=O) groups excluding carboxylic acids is 3. The second-order valence-electron chi connectivity index (χ2n) is 7.11. The summed E-state index contributed by atoms with van der Waals surface area (Å²) in [5, 5.41) is 0. The first-order valence-corrected chi connectivity index (χ1v) is 12.1. The number of ketones is 1. The quantitative estimate of drug-likeness (QED) is 0.335. The van der Waals surface area contributed by atoms with E-state index in [1.54, 1.807) is 26.8 Å². The molecule has 0 saturated heterocycles. The van der Waals surface area contributed by atoms with Gasteiger partial charge in [0.15, 0.2) is 6.61 Å². The predicted molar refractivity (Wildman–Crippen MR) is 119 cm³/mol. The van der Waals surface area contributed by atoms with Gasteiger partial charge in [0.1, 0.15) is 22.0 Å². The number of fused-ring (bicyclic) bond motifs is 1. The molecule has 0 aliphatic rings. The zero-order valence-corrected chi connectivity index (χ0v) is 19.9. The van der Waals surface area contributed by atoms with Gasteiger partial charge in [0.05, 0.1) is 29.6 Å². The molecule has 3 rings (SSSR count). The summed E-state index contributed by atoms with van der Waals surface area (Å²) in [6.07, 6.45) is 0. The second-order valence-corrected chi connectivity index (χ2v) is 9.32. The summed E-state index contributed by atoms with van der Waals surface area (Å²) in [5.41, 5.74) is 1.80. The van der Waals surface area contributed by atoms with E-state index in [2.05, 4.69) is 18.5 Å². The molecule has 2 N–H and O–H groups in total. The minimum atomic E-state index is -4.10. The molecule has 13 heteroatoms. The molecule has 0 amide bonds. The first-order valence-electron chi connectivity index (χ1n) is 9.86. The van der Waals surface area contributed by atoms with E-state index in [4.69, 9.17) is 9.47 Å². The molecule has 11 nitrogen and oxygen atoms in total. The molecule has 0 spiro atoms. The van der Waals surface area contributed by atoms with Crippen molar-refractivity contribution in [1.29, 1.82) is 0 Å². The fraction of sp³-hybridized carbons (Fsp3) is 0.350. The lowest BCUT2D eigenvalue weighted by Gasteiger charge is -2.13. The zero-order valence-electron chi connectivity index (χ0n) is 18.3. The van der Waals surface area contributed by atoms with E-state index in [9.17, 15) is 22.8 Å². The van der Waals surface area contributed by atoms with Crippen molar-refractivity contribution in [2.45, 2.75) is 38.6 Å². The molecule has 176 valence electrons. The Balaban J connectivity index is 1.66. The fourth-order valence-corrected chi connectivity index (χ4v) is 5.17. The number of nitrogens with zero attached hydrogens (tertiary/aromatic N) is 2. The van der Waals surface area contributed by atoms with Crippen LogP contribution in [0, 0.1) is 13.8 Å². The summed E-state index contributed by atoms with van der Waals surface area (Å²) in [4.78, 5) is 39.7. The van der Waals surface area contributed by atoms with Gasteiger partial charge in [-0.15, -0.1) is 0 Å². The SMILES string of the molecule is CCOC(=O)c1c(C)[nH]c(C(=O)COC(=O)[C@H](C)NS(=O)(=O)c2cccc3nsnc23)c1C. The van der Waals surface area contributed by atoms with E-state index in [0.29, 0.717) is 16.8 Å². The van der Waals surface area contributed by atoms with Gasteiger partial charge < -0.3 is 14.5 Å². The summed E-state index contributed by atoms with van der Waals surface area (Å²) >= 11 is 0.872. The molecular formula is C20H22N4O7S2. The van der Waals surface area contributed by atoms with Crippen molar-refractivity contribution in [3.8, 4) is 0 Å². The molecule has 0 bridgehead atoms. The number of H-pyrrole nitrogens is 1. The van der Waals surface area contributed by atoms with Crippen LogP contribution in [0.3, 0.4) is 0 Å². The minimum Gasteiger partial charge on any atom is -0.462 e. The Morgan fingerprint density at radius 3 is 2.61 bits per heavy atom. The number of benzene rings is 1. The summed E-state index contributed by atoms with van der Waals surface area (Å²) in [7, 11) is -4.10. The van der Waals surface area contributed by atoms with E-state index in [-0.39, 0.29) is 28.3 Å². The fourth-order valence-electron chi connectivity index (χ4n) is 3.21. The van der Waals surface area contributed by atoms with Crippen LogP contribution in [0.2, 0.25) is 0 Å².